The van der Waals surface area contributed by atoms with Gasteiger partial charge in [-0.2, -0.15) is 0 Å². The van der Waals surface area contributed by atoms with Crippen LogP contribution in [0.5, 0.6) is 0 Å². The molecule has 0 amide bonds. The maximum absolute atomic E-state index is 8.56. The summed E-state index contributed by atoms with van der Waals surface area (Å²) in [5, 5.41) is 8.56. The summed E-state index contributed by atoms with van der Waals surface area (Å²) in [4.78, 5) is 0. The highest BCUT2D eigenvalue weighted by Gasteiger charge is 2.12. The number of rotatable bonds is 8. The second-order valence-corrected chi connectivity index (χ2v) is 3.76. The monoisotopic (exact) mass is 203 g/mol. The molecule has 0 aliphatic heterocycles. The quantitative estimate of drug-likeness (QED) is 0.283. The normalized spacial score (nSPS) is 13.3. The van der Waals surface area contributed by atoms with E-state index in [-0.39, 0.29) is 12.2 Å². The van der Waals surface area contributed by atoms with Gasteiger partial charge in [-0.15, -0.1) is 0 Å². The van der Waals surface area contributed by atoms with Crippen LogP contribution in [0.3, 0.4) is 0 Å². The van der Waals surface area contributed by atoms with Crippen molar-refractivity contribution in [1.82, 2.24) is 0 Å². The third-order valence-corrected chi connectivity index (χ3v) is 2.09. The van der Waals surface area contributed by atoms with E-state index in [1.54, 1.807) is 0 Å². The van der Waals surface area contributed by atoms with Crippen LogP contribution in [-0.4, -0.2) is 25.7 Å². The maximum Gasteiger partial charge on any atom is 0.209 e. The van der Waals surface area contributed by atoms with E-state index in [1.165, 1.54) is 7.09 Å². The average Bonchev–Trinajstić information content (AvgIpc) is 2.15. The summed E-state index contributed by atoms with van der Waals surface area (Å²) in [5.41, 5.74) is -0.332. The summed E-state index contributed by atoms with van der Waals surface area (Å²) >= 11 is 1.03. The van der Waals surface area contributed by atoms with Crippen LogP contribution in [-0.2, 0) is 4.18 Å². The summed E-state index contributed by atoms with van der Waals surface area (Å²) in [6.07, 6.45) is 6.85. The van der Waals surface area contributed by atoms with E-state index in [0.717, 1.165) is 31.2 Å². The molecule has 1 N–H and O–H groups in total. The van der Waals surface area contributed by atoms with E-state index in [9.17, 15) is 0 Å². The van der Waals surface area contributed by atoms with Gasteiger partial charge in [0.2, 0.25) is 7.09 Å². The fourth-order valence-corrected chi connectivity index (χ4v) is 1.20. The van der Waals surface area contributed by atoms with Gasteiger partial charge in [0.1, 0.15) is 0 Å². The highest BCUT2D eigenvalue weighted by atomic mass is 32.2. The van der Waals surface area contributed by atoms with Crippen LogP contribution < -0.4 is 0 Å². The molecule has 0 aliphatic rings. The molecule has 0 saturated heterocycles. The van der Waals surface area contributed by atoms with Crippen molar-refractivity contribution < 1.29 is 9.29 Å². The molecule has 0 aromatic heterocycles. The first kappa shape index (κ1) is 11.2. The highest BCUT2D eigenvalue weighted by molar-refractivity contribution is 8.15. The molecule has 0 spiro atoms. The molecule has 0 aromatic carbocycles. The molecule has 13 heavy (non-hydrogen) atoms. The van der Waals surface area contributed by atoms with Crippen molar-refractivity contribution >= 4 is 19.0 Å². The van der Waals surface area contributed by atoms with Crippen molar-refractivity contribution in [2.24, 2.45) is 0 Å². The Kier molecular flexibility index (Phi) is 6.41. The topological polar surface area (TPSA) is 29.5 Å². The molecule has 0 aromatic rings. The smallest absolute Gasteiger partial charge is 0.209 e. The minimum absolute atomic E-state index is 0.261. The molecule has 2 nitrogen and oxygen atoms in total. The zero-order chi connectivity index (χ0) is 10.9. The first-order chi connectivity index (χ1) is 6.62. The lowest BCUT2D eigenvalue weighted by Gasteiger charge is -2.18. The first-order valence-electron chi connectivity index (χ1n) is 5.03. The summed E-state index contributed by atoms with van der Waals surface area (Å²) in [5.74, 6) is 0. The van der Waals surface area contributed by atoms with Crippen molar-refractivity contribution in [2.75, 3.05) is 6.61 Å². The second-order valence-electron chi connectivity index (χ2n) is 3.40. The Hall–Kier alpha value is 0.0749. The Morgan fingerprint density at radius 2 is 2.38 bits per heavy atom. The molecule has 4 heteroatoms. The van der Waals surface area contributed by atoms with Crippen LogP contribution in [0.2, 0.25) is 0 Å². The maximum atomic E-state index is 8.56. The predicted molar refractivity (Wildman–Crippen MR) is 60.0 cm³/mol. The van der Waals surface area contributed by atoms with Gasteiger partial charge in [0.25, 0.3) is 0 Å². The van der Waals surface area contributed by atoms with Crippen LogP contribution >= 0.6 is 11.9 Å². The van der Waals surface area contributed by atoms with Crippen molar-refractivity contribution in [2.45, 2.75) is 38.7 Å². The molecular weight excluding hydrogens is 183 g/mol. The third kappa shape index (κ3) is 8.41. The number of hydrogen-bond acceptors (Lipinski definition) is 3. The number of unbranched alkanes of at least 4 members (excludes halogenated alkanes) is 2. The van der Waals surface area contributed by atoms with Crippen LogP contribution in [0.1, 0.15) is 33.1 Å². The first-order valence-corrected chi connectivity index (χ1v) is 5.26. The lowest BCUT2D eigenvalue weighted by molar-refractivity contribution is 0.202. The summed E-state index contributed by atoms with van der Waals surface area (Å²) < 4.78 is 12.1. The van der Waals surface area contributed by atoms with E-state index in [2.05, 4.69) is 6.08 Å². The number of allylic oxidation sites excluding steroid dienone is 1. The van der Waals surface area contributed by atoms with Gasteiger partial charge < -0.3 is 9.29 Å². The van der Waals surface area contributed by atoms with E-state index in [0.29, 0.717) is 0 Å². The standard InChI is InChI=1S/C9H18BO2S/c1-9(2,12-13-10)7-5-3-4-6-8-11/h5,7,10-11H,3-4,6,8H2,1-2H3/b7-5+/i10T. The lowest BCUT2D eigenvalue weighted by atomic mass is 10.1. The van der Waals surface area contributed by atoms with Crippen molar-refractivity contribution in [3.05, 3.63) is 12.2 Å². The number of aliphatic hydroxyl groups excluding tert-OH is 1. The van der Waals surface area contributed by atoms with Crippen LogP contribution in [0.25, 0.3) is 0 Å². The van der Waals surface area contributed by atoms with Gasteiger partial charge in [-0.25, -0.2) is 0 Å². The van der Waals surface area contributed by atoms with E-state index in [4.69, 9.17) is 10.6 Å². The fourth-order valence-electron chi connectivity index (χ4n) is 0.893. The van der Waals surface area contributed by atoms with Gasteiger partial charge in [0, 0.05) is 6.61 Å². The Labute approximate surface area is 87.6 Å². The second kappa shape index (κ2) is 7.48. The molecule has 0 fully saturated rings. The zero-order valence-electron chi connectivity index (χ0n) is 9.32. The molecule has 0 heterocycles. The number of aliphatic hydroxyl groups is 1. The summed E-state index contributed by atoms with van der Waals surface area (Å²) in [6, 6.07) is 0. The highest BCUT2D eigenvalue weighted by Crippen LogP contribution is 2.17. The largest absolute Gasteiger partial charge is 0.396 e. The fraction of sp³-hybridized carbons (Fsp3) is 0.778. The molecule has 0 atom stereocenters. The molecule has 0 aliphatic carbocycles. The number of hydrogen-bond donors (Lipinski definition) is 1. The predicted octanol–water partition coefficient (Wildman–Crippen LogP) is 1.96. The van der Waals surface area contributed by atoms with E-state index >= 15 is 0 Å². The Bertz CT molecular complexity index is 165. The SMILES string of the molecule is [3H][B]SOC(C)(C)/C=C/CCCCO. The summed E-state index contributed by atoms with van der Waals surface area (Å²) in [6.45, 7) is 4.16. The average molecular weight is 203 g/mol. The van der Waals surface area contributed by atoms with E-state index < -0.39 is 0 Å². The minimum Gasteiger partial charge on any atom is -0.396 e. The van der Waals surface area contributed by atoms with Crippen LogP contribution in [0.15, 0.2) is 12.2 Å². The molecule has 0 rings (SSSR count). The van der Waals surface area contributed by atoms with Gasteiger partial charge >= 0.3 is 0 Å². The summed E-state index contributed by atoms with van der Waals surface area (Å²) in [7, 11) is 1.17. The van der Waals surface area contributed by atoms with Gasteiger partial charge in [0.15, 0.2) is 0 Å². The lowest BCUT2D eigenvalue weighted by Crippen LogP contribution is -2.17. The minimum atomic E-state index is -0.332. The zero-order valence-corrected chi connectivity index (χ0v) is 9.14. The molecule has 1 radical (unpaired) electrons. The van der Waals surface area contributed by atoms with Crippen molar-refractivity contribution in [3.63, 3.8) is 0 Å². The Balaban J connectivity index is 3.60. The van der Waals surface area contributed by atoms with Gasteiger partial charge in [-0.3, -0.25) is 0 Å². The Morgan fingerprint density at radius 1 is 1.62 bits per heavy atom. The molecule has 75 valence electrons. The molecule has 0 unspecified atom stereocenters. The van der Waals surface area contributed by atoms with Gasteiger partial charge in [-0.1, -0.05) is 24.0 Å². The van der Waals surface area contributed by atoms with Crippen LogP contribution in [0.4, 0.5) is 0 Å². The third-order valence-electron chi connectivity index (χ3n) is 1.56. The molecular formula is C9H18BO2S. The van der Waals surface area contributed by atoms with Gasteiger partial charge in [-0.05, 0) is 34.4 Å². The Morgan fingerprint density at radius 3 is 3.00 bits per heavy atom. The van der Waals surface area contributed by atoms with Crippen molar-refractivity contribution in [3.8, 4) is 0 Å². The molecule has 0 bridgehead atoms. The molecule has 0 saturated carbocycles. The van der Waals surface area contributed by atoms with E-state index in [1.807, 2.05) is 19.9 Å². The van der Waals surface area contributed by atoms with Crippen LogP contribution in [0, 0.1) is 0 Å². The van der Waals surface area contributed by atoms with Crippen molar-refractivity contribution in [1.29, 1.82) is 1.34 Å². The van der Waals surface area contributed by atoms with Gasteiger partial charge in [0.05, 0.1) is 5.60 Å².